The zero-order valence-electron chi connectivity index (χ0n) is 15.4. The van der Waals surface area contributed by atoms with Gasteiger partial charge in [0.1, 0.15) is 11.4 Å². The first-order valence-electron chi connectivity index (χ1n) is 9.21. The molecule has 2 heterocycles. The molecule has 28 heavy (non-hydrogen) atoms. The first-order chi connectivity index (χ1) is 13.4. The van der Waals surface area contributed by atoms with Gasteiger partial charge in [0.05, 0.1) is 0 Å². The van der Waals surface area contributed by atoms with Gasteiger partial charge in [-0.2, -0.15) is 0 Å². The highest BCUT2D eigenvalue weighted by Gasteiger charge is 2.25. The number of H-pyrrole nitrogens is 1. The number of pyridine rings is 1. The quantitative estimate of drug-likeness (QED) is 0.614. The number of aromatic nitrogens is 3. The molecule has 9 nitrogen and oxygen atoms in total. The molecule has 2 aromatic rings. The van der Waals surface area contributed by atoms with Gasteiger partial charge in [0, 0.05) is 6.04 Å². The Labute approximate surface area is 160 Å². The van der Waals surface area contributed by atoms with Crippen LogP contribution in [-0.2, 0) is 0 Å². The van der Waals surface area contributed by atoms with Crippen molar-refractivity contribution in [2.45, 2.75) is 45.1 Å². The summed E-state index contributed by atoms with van der Waals surface area (Å²) in [6, 6.07) is 4.08. The van der Waals surface area contributed by atoms with Gasteiger partial charge in [-0.1, -0.05) is 25.3 Å². The van der Waals surface area contributed by atoms with Gasteiger partial charge in [-0.15, -0.1) is 0 Å². The summed E-state index contributed by atoms with van der Waals surface area (Å²) < 4.78 is 0. The molecule has 0 radical (unpaired) electrons. The van der Waals surface area contributed by atoms with Crippen molar-refractivity contribution < 1.29 is 19.8 Å². The average molecular weight is 386 g/mol. The molecule has 1 saturated carbocycles. The van der Waals surface area contributed by atoms with Crippen LogP contribution in [-0.4, -0.2) is 43.1 Å². The van der Waals surface area contributed by atoms with Crippen molar-refractivity contribution in [3.8, 4) is 17.3 Å². The number of aromatic hydroxyl groups is 1. The zero-order valence-corrected chi connectivity index (χ0v) is 15.4. The number of amides is 1. The maximum Gasteiger partial charge on any atom is 0.354 e. The second-order valence-corrected chi connectivity index (χ2v) is 6.99. The molecular formula is C19H22N4O5. The minimum atomic E-state index is -1.23. The predicted molar refractivity (Wildman–Crippen MR) is 100 cm³/mol. The van der Waals surface area contributed by atoms with E-state index < -0.39 is 28.9 Å². The highest BCUT2D eigenvalue weighted by Crippen LogP contribution is 2.26. The monoisotopic (exact) mass is 386 g/mol. The van der Waals surface area contributed by atoms with E-state index >= 15 is 0 Å². The van der Waals surface area contributed by atoms with Crippen LogP contribution in [0.15, 0.2) is 23.0 Å². The second kappa shape index (κ2) is 8.20. The lowest BCUT2D eigenvalue weighted by atomic mass is 9.84. The van der Waals surface area contributed by atoms with E-state index in [1.54, 1.807) is 0 Å². The van der Waals surface area contributed by atoms with Crippen LogP contribution >= 0.6 is 0 Å². The van der Waals surface area contributed by atoms with Crippen molar-refractivity contribution in [1.82, 2.24) is 20.3 Å². The van der Waals surface area contributed by atoms with Crippen molar-refractivity contribution >= 4 is 11.9 Å². The number of hydrogen-bond donors (Lipinski definition) is 4. The average Bonchev–Trinajstić information content (AvgIpc) is 2.70. The third kappa shape index (κ3) is 4.19. The molecule has 0 aliphatic heterocycles. The van der Waals surface area contributed by atoms with E-state index in [1.165, 1.54) is 24.6 Å². The number of rotatable bonds is 5. The number of aromatic amines is 1. The minimum Gasteiger partial charge on any atom is -0.501 e. The Kier molecular flexibility index (Phi) is 5.72. The summed E-state index contributed by atoms with van der Waals surface area (Å²) in [6.45, 7) is 1.90. The number of carboxylic acids is 1. The molecule has 0 bridgehead atoms. The van der Waals surface area contributed by atoms with Crippen molar-refractivity contribution in [2.24, 2.45) is 5.92 Å². The molecule has 1 aliphatic rings. The number of nitrogens with zero attached hydrogens (tertiary/aromatic N) is 2. The number of carboxylic acid groups (broad SMARTS) is 1. The van der Waals surface area contributed by atoms with Crippen LogP contribution in [0.4, 0.5) is 0 Å². The van der Waals surface area contributed by atoms with Crippen LogP contribution in [0.3, 0.4) is 0 Å². The van der Waals surface area contributed by atoms with E-state index in [-0.39, 0.29) is 23.3 Å². The van der Waals surface area contributed by atoms with Gasteiger partial charge in [0.2, 0.25) is 5.75 Å². The van der Waals surface area contributed by atoms with Gasteiger partial charge in [0.25, 0.3) is 11.5 Å². The molecule has 1 aliphatic carbocycles. The van der Waals surface area contributed by atoms with E-state index in [4.69, 9.17) is 5.11 Å². The molecule has 1 atom stereocenters. The fraction of sp³-hybridized carbons (Fsp3) is 0.421. The standard InChI is InChI=1S/C19H22N4O5/c1-10(11-6-3-2-4-7-11)20-17(25)14-15(24)18(26)23-16(22-14)12-8-5-9-13(21-12)19(27)28/h5,8-11,24H,2-4,6-7H2,1H3,(H,20,25)(H,27,28)(H,22,23,26)/t10-/m1/s1. The van der Waals surface area contributed by atoms with Crippen molar-refractivity contribution in [2.75, 3.05) is 0 Å². The zero-order chi connectivity index (χ0) is 20.3. The number of carbonyl (C=O) groups excluding carboxylic acids is 1. The van der Waals surface area contributed by atoms with E-state index in [0.717, 1.165) is 25.7 Å². The predicted octanol–water partition coefficient (Wildman–Crippen LogP) is 1.93. The maximum absolute atomic E-state index is 12.6. The Morgan fingerprint density at radius 3 is 2.61 bits per heavy atom. The Balaban J connectivity index is 1.89. The summed E-state index contributed by atoms with van der Waals surface area (Å²) in [7, 11) is 0. The second-order valence-electron chi connectivity index (χ2n) is 6.99. The molecule has 0 saturated heterocycles. The molecule has 0 spiro atoms. The van der Waals surface area contributed by atoms with Crippen LogP contribution in [0.25, 0.3) is 11.5 Å². The molecule has 2 aromatic heterocycles. The Morgan fingerprint density at radius 1 is 1.21 bits per heavy atom. The van der Waals surface area contributed by atoms with Crippen molar-refractivity contribution in [1.29, 1.82) is 0 Å². The number of carbonyl (C=O) groups is 2. The molecular weight excluding hydrogens is 364 g/mol. The first kappa shape index (κ1) is 19.5. The van der Waals surface area contributed by atoms with Gasteiger partial charge < -0.3 is 20.5 Å². The first-order valence-corrected chi connectivity index (χ1v) is 9.21. The topological polar surface area (TPSA) is 145 Å². The van der Waals surface area contributed by atoms with Gasteiger partial charge in [-0.25, -0.2) is 14.8 Å². The summed E-state index contributed by atoms with van der Waals surface area (Å²) >= 11 is 0. The molecule has 148 valence electrons. The Bertz CT molecular complexity index is 950. The van der Waals surface area contributed by atoms with E-state index in [9.17, 15) is 19.5 Å². The summed E-state index contributed by atoms with van der Waals surface area (Å²) in [5, 5.41) is 21.9. The number of hydrogen-bond acceptors (Lipinski definition) is 6. The summed E-state index contributed by atoms with van der Waals surface area (Å²) in [4.78, 5) is 46.0. The lowest BCUT2D eigenvalue weighted by Gasteiger charge is -2.28. The highest BCUT2D eigenvalue weighted by molar-refractivity contribution is 5.95. The molecule has 3 rings (SSSR count). The van der Waals surface area contributed by atoms with Crippen molar-refractivity contribution in [3.05, 3.63) is 39.9 Å². The van der Waals surface area contributed by atoms with Crippen LogP contribution in [0.1, 0.15) is 60.0 Å². The molecule has 1 amide bonds. The normalized spacial score (nSPS) is 15.8. The fourth-order valence-corrected chi connectivity index (χ4v) is 3.46. The summed E-state index contributed by atoms with van der Waals surface area (Å²) in [6.07, 6.45) is 5.48. The number of aromatic carboxylic acids is 1. The maximum atomic E-state index is 12.6. The lowest BCUT2D eigenvalue weighted by Crippen LogP contribution is -2.39. The Morgan fingerprint density at radius 2 is 1.93 bits per heavy atom. The van der Waals surface area contributed by atoms with Gasteiger partial charge >= 0.3 is 5.97 Å². The van der Waals surface area contributed by atoms with Crippen LogP contribution < -0.4 is 10.9 Å². The molecule has 0 unspecified atom stereocenters. The van der Waals surface area contributed by atoms with Crippen LogP contribution in [0.2, 0.25) is 0 Å². The Hall–Kier alpha value is -3.23. The smallest absolute Gasteiger partial charge is 0.354 e. The number of nitrogens with one attached hydrogen (secondary N) is 2. The molecule has 4 N–H and O–H groups in total. The third-order valence-corrected chi connectivity index (χ3v) is 5.04. The molecule has 0 aromatic carbocycles. The van der Waals surface area contributed by atoms with E-state index in [0.29, 0.717) is 5.92 Å². The van der Waals surface area contributed by atoms with E-state index in [2.05, 4.69) is 20.3 Å². The SMILES string of the molecule is C[C@@H](NC(=O)c1nc(-c2cccc(C(=O)O)n2)[nH]c(=O)c1O)C1CCCCC1. The van der Waals surface area contributed by atoms with E-state index in [1.807, 2.05) is 6.92 Å². The van der Waals surface area contributed by atoms with Crippen LogP contribution in [0, 0.1) is 5.92 Å². The van der Waals surface area contributed by atoms with Crippen molar-refractivity contribution in [3.63, 3.8) is 0 Å². The van der Waals surface area contributed by atoms with Gasteiger partial charge in [-0.3, -0.25) is 9.59 Å². The molecule has 9 heteroatoms. The molecule has 1 fully saturated rings. The van der Waals surface area contributed by atoms with Gasteiger partial charge in [0.15, 0.2) is 11.5 Å². The van der Waals surface area contributed by atoms with Crippen LogP contribution in [0.5, 0.6) is 5.75 Å². The summed E-state index contributed by atoms with van der Waals surface area (Å²) in [5.41, 5.74) is -1.47. The van der Waals surface area contributed by atoms with Gasteiger partial charge in [-0.05, 0) is 37.8 Å². The third-order valence-electron chi connectivity index (χ3n) is 5.04. The highest BCUT2D eigenvalue weighted by atomic mass is 16.4. The lowest BCUT2D eigenvalue weighted by molar-refractivity contribution is 0.0690. The largest absolute Gasteiger partial charge is 0.501 e. The fourth-order valence-electron chi connectivity index (χ4n) is 3.46. The minimum absolute atomic E-state index is 0.0754. The summed E-state index contributed by atoms with van der Waals surface area (Å²) in [5.74, 6) is -2.43.